The summed E-state index contributed by atoms with van der Waals surface area (Å²) in [6.45, 7) is 2.39. The highest BCUT2D eigenvalue weighted by Gasteiger charge is 2.33. The van der Waals surface area contributed by atoms with E-state index in [-0.39, 0.29) is 6.42 Å². The minimum atomic E-state index is -2.53. The van der Waals surface area contributed by atoms with Crippen molar-refractivity contribution in [2.45, 2.75) is 38.3 Å². The molecule has 0 amide bonds. The number of carboxylic acids is 1. The van der Waals surface area contributed by atoms with Crippen LogP contribution in [-0.4, -0.2) is 42.8 Å². The van der Waals surface area contributed by atoms with E-state index in [9.17, 15) is 13.6 Å². The zero-order valence-corrected chi connectivity index (χ0v) is 9.09. The predicted molar refractivity (Wildman–Crippen MR) is 51.1 cm³/mol. The van der Waals surface area contributed by atoms with Crippen LogP contribution >= 0.6 is 0 Å². The van der Waals surface area contributed by atoms with Gasteiger partial charge in [-0.1, -0.05) is 0 Å². The number of hydrogen-bond acceptors (Lipinski definition) is 3. The molecule has 0 rings (SSSR count). The lowest BCUT2D eigenvalue weighted by Gasteiger charge is -2.27. The van der Waals surface area contributed by atoms with Gasteiger partial charge in [0.2, 0.25) is 0 Å². The van der Waals surface area contributed by atoms with Crippen LogP contribution in [0.25, 0.3) is 0 Å². The molecule has 0 aromatic heterocycles. The molecule has 0 spiro atoms. The smallest absolute Gasteiger partial charge is 0.323 e. The van der Waals surface area contributed by atoms with E-state index in [0.717, 1.165) is 0 Å². The van der Waals surface area contributed by atoms with Crippen molar-refractivity contribution in [3.8, 4) is 0 Å². The van der Waals surface area contributed by atoms with Crippen LogP contribution in [0.15, 0.2) is 0 Å². The molecule has 90 valence electrons. The number of halogens is 2. The molecule has 0 radical (unpaired) electrons. The molecule has 0 fully saturated rings. The number of aliphatic carboxylic acids is 1. The van der Waals surface area contributed by atoms with Gasteiger partial charge in [-0.25, -0.2) is 8.78 Å². The maximum Gasteiger partial charge on any atom is 0.323 e. The van der Waals surface area contributed by atoms with Crippen LogP contribution in [-0.2, 0) is 9.53 Å². The highest BCUT2D eigenvalue weighted by Crippen LogP contribution is 2.15. The van der Waals surface area contributed by atoms with E-state index < -0.39 is 30.6 Å². The Morgan fingerprint density at radius 2 is 2.13 bits per heavy atom. The second-order valence-electron chi connectivity index (χ2n) is 3.63. The second-order valence-corrected chi connectivity index (χ2v) is 3.63. The number of likely N-dealkylation sites (N-methyl/N-ethyl adjacent to an activating group) is 1. The predicted octanol–water partition coefficient (Wildman–Crippen LogP) is 1.11. The Bertz CT molecular complexity index is 214. The number of carbonyl (C=O) groups is 1. The van der Waals surface area contributed by atoms with Gasteiger partial charge in [-0.3, -0.25) is 4.79 Å². The Balaban J connectivity index is 4.13. The number of ether oxygens (including phenoxy) is 1. The summed E-state index contributed by atoms with van der Waals surface area (Å²) in [7, 11) is 1.51. The van der Waals surface area contributed by atoms with Crippen molar-refractivity contribution in [1.82, 2.24) is 5.32 Å². The highest BCUT2D eigenvalue weighted by atomic mass is 19.3. The van der Waals surface area contributed by atoms with E-state index in [0.29, 0.717) is 0 Å². The lowest BCUT2D eigenvalue weighted by Crippen LogP contribution is -2.49. The fourth-order valence-electron chi connectivity index (χ4n) is 1.17. The standard InChI is InChI=1S/C9H17F2NO3/c1-6(15-5-7(10)11)4-9(2,12-3)8(13)14/h6-7,12H,4-5H2,1-3H3,(H,13,14). The van der Waals surface area contributed by atoms with Crippen LogP contribution in [0.4, 0.5) is 8.78 Å². The Hall–Kier alpha value is -0.750. The molecule has 4 nitrogen and oxygen atoms in total. The summed E-state index contributed by atoms with van der Waals surface area (Å²) in [6.07, 6.45) is -2.93. The third kappa shape index (κ3) is 5.03. The quantitative estimate of drug-likeness (QED) is 0.681. The summed E-state index contributed by atoms with van der Waals surface area (Å²) < 4.78 is 28.4. The van der Waals surface area contributed by atoms with E-state index in [2.05, 4.69) is 5.32 Å². The molecule has 0 aliphatic carbocycles. The highest BCUT2D eigenvalue weighted by molar-refractivity contribution is 5.78. The van der Waals surface area contributed by atoms with Gasteiger partial charge in [0, 0.05) is 6.42 Å². The molecule has 0 aromatic carbocycles. The largest absolute Gasteiger partial charge is 0.480 e. The van der Waals surface area contributed by atoms with Gasteiger partial charge in [0.1, 0.15) is 12.1 Å². The first-order chi connectivity index (χ1) is 6.81. The van der Waals surface area contributed by atoms with E-state index in [1.165, 1.54) is 14.0 Å². The van der Waals surface area contributed by atoms with Gasteiger partial charge in [-0.2, -0.15) is 0 Å². The summed E-state index contributed by atoms with van der Waals surface area (Å²) in [4.78, 5) is 10.9. The first kappa shape index (κ1) is 14.2. The average Bonchev–Trinajstić information content (AvgIpc) is 2.14. The molecule has 0 aromatic rings. The van der Waals surface area contributed by atoms with Gasteiger partial charge in [-0.15, -0.1) is 0 Å². The molecule has 6 heteroatoms. The molecule has 2 unspecified atom stereocenters. The van der Waals surface area contributed by atoms with Crippen molar-refractivity contribution >= 4 is 5.97 Å². The van der Waals surface area contributed by atoms with Crippen molar-refractivity contribution in [2.75, 3.05) is 13.7 Å². The molecule has 0 heterocycles. The van der Waals surface area contributed by atoms with E-state index in [4.69, 9.17) is 9.84 Å². The molecule has 0 saturated carbocycles. The average molecular weight is 225 g/mol. The zero-order chi connectivity index (χ0) is 12.1. The Morgan fingerprint density at radius 1 is 1.60 bits per heavy atom. The topological polar surface area (TPSA) is 58.6 Å². The van der Waals surface area contributed by atoms with Crippen LogP contribution in [0.5, 0.6) is 0 Å². The van der Waals surface area contributed by atoms with Gasteiger partial charge in [0.05, 0.1) is 6.10 Å². The minimum absolute atomic E-state index is 0.131. The first-order valence-electron chi connectivity index (χ1n) is 4.64. The normalized spacial score (nSPS) is 17.5. The lowest BCUT2D eigenvalue weighted by atomic mass is 9.95. The summed E-state index contributed by atoms with van der Waals surface area (Å²) in [5, 5.41) is 11.5. The number of alkyl halides is 2. The maximum absolute atomic E-state index is 11.8. The van der Waals surface area contributed by atoms with E-state index >= 15 is 0 Å². The molecule has 2 N–H and O–H groups in total. The Kier molecular flexibility index (Phi) is 5.67. The minimum Gasteiger partial charge on any atom is -0.480 e. The Morgan fingerprint density at radius 3 is 2.47 bits per heavy atom. The number of rotatable bonds is 7. The van der Waals surface area contributed by atoms with Crippen LogP contribution in [0.3, 0.4) is 0 Å². The van der Waals surface area contributed by atoms with Crippen LogP contribution in [0, 0.1) is 0 Å². The van der Waals surface area contributed by atoms with Crippen LogP contribution in [0.2, 0.25) is 0 Å². The van der Waals surface area contributed by atoms with E-state index in [1.807, 2.05) is 0 Å². The summed E-state index contributed by atoms with van der Waals surface area (Å²) >= 11 is 0. The molecule has 15 heavy (non-hydrogen) atoms. The maximum atomic E-state index is 11.8. The third-order valence-electron chi connectivity index (χ3n) is 2.23. The first-order valence-corrected chi connectivity index (χ1v) is 4.64. The van der Waals surface area contributed by atoms with Crippen molar-refractivity contribution in [1.29, 1.82) is 0 Å². The number of nitrogens with one attached hydrogen (secondary N) is 1. The monoisotopic (exact) mass is 225 g/mol. The zero-order valence-electron chi connectivity index (χ0n) is 9.09. The van der Waals surface area contributed by atoms with Crippen LogP contribution < -0.4 is 5.32 Å². The number of hydrogen-bond donors (Lipinski definition) is 2. The summed E-state index contributed by atoms with van der Waals surface area (Å²) in [5.41, 5.74) is -1.15. The van der Waals surface area contributed by atoms with Crippen LogP contribution in [0.1, 0.15) is 20.3 Å². The fraction of sp³-hybridized carbons (Fsp3) is 0.889. The third-order valence-corrected chi connectivity index (χ3v) is 2.23. The lowest BCUT2D eigenvalue weighted by molar-refractivity contribution is -0.146. The van der Waals surface area contributed by atoms with Crippen molar-refractivity contribution in [3.05, 3.63) is 0 Å². The molecule has 2 atom stereocenters. The molecule has 0 bridgehead atoms. The van der Waals surface area contributed by atoms with Crippen molar-refractivity contribution in [2.24, 2.45) is 0 Å². The van der Waals surface area contributed by atoms with Gasteiger partial charge in [0.15, 0.2) is 0 Å². The molecule has 0 aliphatic rings. The number of carboxylic acid groups (broad SMARTS) is 1. The molecular weight excluding hydrogens is 208 g/mol. The van der Waals surface area contributed by atoms with Gasteiger partial charge in [0.25, 0.3) is 6.43 Å². The van der Waals surface area contributed by atoms with Gasteiger partial charge >= 0.3 is 5.97 Å². The van der Waals surface area contributed by atoms with Gasteiger partial charge in [-0.05, 0) is 20.9 Å². The Labute approximate surface area is 87.6 Å². The fourth-order valence-corrected chi connectivity index (χ4v) is 1.17. The SMILES string of the molecule is CNC(C)(CC(C)OCC(F)F)C(=O)O. The molecular formula is C9H17F2NO3. The summed E-state index contributed by atoms with van der Waals surface area (Å²) in [5.74, 6) is -1.03. The molecule has 0 aliphatic heterocycles. The molecule has 0 saturated heterocycles. The summed E-state index contributed by atoms with van der Waals surface area (Å²) in [6, 6.07) is 0. The second kappa shape index (κ2) is 5.97. The van der Waals surface area contributed by atoms with E-state index in [1.54, 1.807) is 6.92 Å². The van der Waals surface area contributed by atoms with Gasteiger partial charge < -0.3 is 15.2 Å². The van der Waals surface area contributed by atoms with Crippen molar-refractivity contribution in [3.63, 3.8) is 0 Å². The van der Waals surface area contributed by atoms with Crippen molar-refractivity contribution < 1.29 is 23.4 Å².